The maximum absolute atomic E-state index is 12.7. The fraction of sp³-hybridized carbons (Fsp3) is 0.280. The summed E-state index contributed by atoms with van der Waals surface area (Å²) in [4.78, 5) is 15.0. The summed E-state index contributed by atoms with van der Waals surface area (Å²) in [6, 6.07) is 11.5. The lowest BCUT2D eigenvalue weighted by molar-refractivity contribution is -0.112. The lowest BCUT2D eigenvalue weighted by Gasteiger charge is -2.41. The van der Waals surface area contributed by atoms with Crippen LogP contribution in [0.3, 0.4) is 0 Å². The van der Waals surface area contributed by atoms with Gasteiger partial charge in [0.05, 0.1) is 5.54 Å². The monoisotopic (exact) mass is 419 g/mol. The van der Waals surface area contributed by atoms with Crippen LogP contribution in [0.2, 0.25) is 5.02 Å². The topological polar surface area (TPSA) is 56.1 Å². The zero-order chi connectivity index (χ0) is 22.2. The Morgan fingerprint density at radius 1 is 1.17 bits per heavy atom. The highest BCUT2D eigenvalue weighted by molar-refractivity contribution is 6.31. The smallest absolute Gasteiger partial charge is 0.266 e. The van der Waals surface area contributed by atoms with Gasteiger partial charge in [-0.25, -0.2) is 0 Å². The maximum atomic E-state index is 12.7. The second kappa shape index (κ2) is 8.01. The van der Waals surface area contributed by atoms with Crippen molar-refractivity contribution in [2.24, 2.45) is 0 Å². The third-order valence-corrected chi connectivity index (χ3v) is 5.95. The number of benzene rings is 2. The minimum Gasteiger partial charge on any atom is -0.365 e. The number of carbonyl (C=O) groups is 1. The predicted octanol–water partition coefficient (Wildman–Crippen LogP) is 6.13. The second-order valence-electron chi connectivity index (χ2n) is 8.35. The molecule has 3 rings (SSSR count). The molecule has 1 aliphatic heterocycles. The molecule has 154 valence electrons. The Morgan fingerprint density at radius 2 is 1.87 bits per heavy atom. The van der Waals surface area contributed by atoms with Crippen LogP contribution < -0.4 is 10.2 Å². The van der Waals surface area contributed by atoms with Crippen LogP contribution >= 0.6 is 11.6 Å². The fourth-order valence-electron chi connectivity index (χ4n) is 3.70. The van der Waals surface area contributed by atoms with E-state index in [1.807, 2.05) is 26.0 Å². The van der Waals surface area contributed by atoms with Crippen molar-refractivity contribution in [3.63, 3.8) is 0 Å². The van der Waals surface area contributed by atoms with Gasteiger partial charge in [-0.1, -0.05) is 23.7 Å². The standard InChI is InChI=1S/C25H26ClN3O/c1-15-7-8-20(26)12-22(15)28-24(30)19(14-27)10-18-11-21-17(3)13-25(4,5)29(6)23(21)9-16(18)2/h7-13H,1-6H3,(H,28,30)/b19-10-. The van der Waals surface area contributed by atoms with E-state index in [1.54, 1.807) is 18.2 Å². The summed E-state index contributed by atoms with van der Waals surface area (Å²) in [6.45, 7) is 10.3. The number of hydrogen-bond acceptors (Lipinski definition) is 3. The number of nitrogens with zero attached hydrogens (tertiary/aromatic N) is 2. The van der Waals surface area contributed by atoms with Gasteiger partial charge in [-0.3, -0.25) is 4.79 Å². The van der Waals surface area contributed by atoms with Crippen molar-refractivity contribution in [2.75, 3.05) is 17.3 Å². The normalized spacial score (nSPS) is 15.2. The first-order chi connectivity index (χ1) is 14.0. The molecular formula is C25H26ClN3O. The zero-order valence-corrected chi connectivity index (χ0v) is 19.0. The Hall–Kier alpha value is -3.03. The fourth-order valence-corrected chi connectivity index (χ4v) is 3.87. The molecule has 30 heavy (non-hydrogen) atoms. The Labute approximate surface area is 183 Å². The summed E-state index contributed by atoms with van der Waals surface area (Å²) in [5.74, 6) is -0.453. The van der Waals surface area contributed by atoms with Gasteiger partial charge in [0.1, 0.15) is 11.6 Å². The predicted molar refractivity (Wildman–Crippen MR) is 126 cm³/mol. The number of carbonyl (C=O) groups excluding carboxylic acids is 1. The lowest BCUT2D eigenvalue weighted by Crippen LogP contribution is -2.42. The number of nitrogens with one attached hydrogen (secondary N) is 1. The summed E-state index contributed by atoms with van der Waals surface area (Å²) in [5.41, 5.74) is 6.73. The number of hydrogen-bond donors (Lipinski definition) is 1. The number of nitriles is 1. The molecule has 0 saturated carbocycles. The molecule has 5 heteroatoms. The summed E-state index contributed by atoms with van der Waals surface area (Å²) in [6.07, 6.45) is 3.88. The molecule has 0 atom stereocenters. The molecule has 0 aromatic heterocycles. The van der Waals surface area contributed by atoms with Crippen molar-refractivity contribution in [3.05, 3.63) is 69.3 Å². The van der Waals surface area contributed by atoms with Crippen molar-refractivity contribution in [1.29, 1.82) is 5.26 Å². The van der Waals surface area contributed by atoms with E-state index >= 15 is 0 Å². The number of fused-ring (bicyclic) bond motifs is 1. The van der Waals surface area contributed by atoms with Crippen LogP contribution in [-0.2, 0) is 4.79 Å². The summed E-state index contributed by atoms with van der Waals surface area (Å²) in [7, 11) is 2.08. The summed E-state index contributed by atoms with van der Waals surface area (Å²) >= 11 is 6.04. The minimum absolute atomic E-state index is 0.0450. The summed E-state index contributed by atoms with van der Waals surface area (Å²) in [5, 5.41) is 12.9. The molecule has 1 heterocycles. The van der Waals surface area contributed by atoms with Crippen LogP contribution in [-0.4, -0.2) is 18.5 Å². The van der Waals surface area contributed by atoms with Gasteiger partial charge in [0.2, 0.25) is 0 Å². The van der Waals surface area contributed by atoms with E-state index in [1.165, 1.54) is 5.57 Å². The minimum atomic E-state index is -0.453. The van der Waals surface area contributed by atoms with E-state index in [4.69, 9.17) is 11.6 Å². The highest BCUT2D eigenvalue weighted by atomic mass is 35.5. The number of halogens is 1. The van der Waals surface area contributed by atoms with Crippen molar-refractivity contribution >= 4 is 40.5 Å². The van der Waals surface area contributed by atoms with Gasteiger partial charge in [-0.2, -0.15) is 5.26 Å². The Morgan fingerprint density at radius 3 is 2.53 bits per heavy atom. The van der Waals surface area contributed by atoms with E-state index < -0.39 is 5.91 Å². The molecule has 2 aromatic carbocycles. The molecule has 1 N–H and O–H groups in total. The first-order valence-electron chi connectivity index (χ1n) is 9.81. The van der Waals surface area contributed by atoms with Crippen molar-refractivity contribution in [3.8, 4) is 6.07 Å². The molecule has 0 bridgehead atoms. The van der Waals surface area contributed by atoms with Crippen LogP contribution in [0.25, 0.3) is 11.6 Å². The van der Waals surface area contributed by atoms with E-state index in [0.29, 0.717) is 10.7 Å². The van der Waals surface area contributed by atoms with Gasteiger partial charge >= 0.3 is 0 Å². The van der Waals surface area contributed by atoms with Gasteiger partial charge in [0, 0.05) is 29.0 Å². The van der Waals surface area contributed by atoms with Crippen LogP contribution in [0.5, 0.6) is 0 Å². The van der Waals surface area contributed by atoms with Crippen molar-refractivity contribution in [2.45, 2.75) is 40.2 Å². The Bertz CT molecular complexity index is 1140. The number of anilines is 2. The lowest BCUT2D eigenvalue weighted by atomic mass is 9.87. The molecule has 0 unspecified atom stereocenters. The van der Waals surface area contributed by atoms with Gasteiger partial charge in [0.15, 0.2) is 0 Å². The van der Waals surface area contributed by atoms with Crippen LogP contribution in [0, 0.1) is 25.2 Å². The average Bonchev–Trinajstić information content (AvgIpc) is 2.67. The van der Waals surface area contributed by atoms with E-state index in [-0.39, 0.29) is 11.1 Å². The molecule has 0 saturated heterocycles. The first-order valence-corrected chi connectivity index (χ1v) is 10.2. The number of aryl methyl sites for hydroxylation is 2. The van der Waals surface area contributed by atoms with Crippen LogP contribution in [0.1, 0.15) is 43.0 Å². The van der Waals surface area contributed by atoms with Gasteiger partial charge in [-0.05, 0) is 87.2 Å². The van der Waals surface area contributed by atoms with Gasteiger partial charge in [-0.15, -0.1) is 0 Å². The Balaban J connectivity index is 1.99. The van der Waals surface area contributed by atoms with Gasteiger partial charge < -0.3 is 10.2 Å². The molecular weight excluding hydrogens is 394 g/mol. The van der Waals surface area contributed by atoms with Crippen molar-refractivity contribution < 1.29 is 4.79 Å². The highest BCUT2D eigenvalue weighted by Crippen LogP contribution is 2.39. The van der Waals surface area contributed by atoms with Crippen LogP contribution in [0.15, 0.2) is 42.0 Å². The second-order valence-corrected chi connectivity index (χ2v) is 8.79. The number of likely N-dealkylation sites (N-methyl/N-ethyl adjacent to an activating group) is 1. The average molecular weight is 420 g/mol. The molecule has 2 aromatic rings. The largest absolute Gasteiger partial charge is 0.365 e. The zero-order valence-electron chi connectivity index (χ0n) is 18.2. The number of amides is 1. The molecule has 0 spiro atoms. The number of rotatable bonds is 3. The Kier molecular flexibility index (Phi) is 5.78. The van der Waals surface area contributed by atoms with Crippen LogP contribution in [0.4, 0.5) is 11.4 Å². The van der Waals surface area contributed by atoms with E-state index in [9.17, 15) is 10.1 Å². The first kappa shape index (κ1) is 21.7. The SMILES string of the molecule is CC1=CC(C)(C)N(C)c2cc(C)c(/C=C(/C#N)C(=O)Nc3cc(Cl)ccc3C)cc21. The van der Waals surface area contributed by atoms with Crippen molar-refractivity contribution in [1.82, 2.24) is 0 Å². The van der Waals surface area contributed by atoms with E-state index in [2.05, 4.69) is 56.2 Å². The molecule has 0 radical (unpaired) electrons. The molecule has 1 amide bonds. The quantitative estimate of drug-likeness (QED) is 0.480. The molecule has 0 fully saturated rings. The van der Waals surface area contributed by atoms with E-state index in [0.717, 1.165) is 27.9 Å². The molecule has 0 aliphatic carbocycles. The highest BCUT2D eigenvalue weighted by Gasteiger charge is 2.29. The molecule has 1 aliphatic rings. The third kappa shape index (κ3) is 4.13. The summed E-state index contributed by atoms with van der Waals surface area (Å²) < 4.78 is 0. The third-order valence-electron chi connectivity index (χ3n) is 5.72. The van der Waals surface area contributed by atoms with Gasteiger partial charge in [0.25, 0.3) is 5.91 Å². The number of allylic oxidation sites excluding steroid dienone is 1. The maximum Gasteiger partial charge on any atom is 0.266 e. The molecule has 4 nitrogen and oxygen atoms in total.